The summed E-state index contributed by atoms with van der Waals surface area (Å²) in [4.78, 5) is 12.4. The van der Waals surface area contributed by atoms with E-state index in [1.165, 1.54) is 24.8 Å². The number of halogens is 1. The van der Waals surface area contributed by atoms with E-state index in [1.54, 1.807) is 6.07 Å². The number of fused-ring (bicyclic) bond motifs is 1. The molecular weight excluding hydrogens is 295 g/mol. The molecule has 0 fully saturated rings. The van der Waals surface area contributed by atoms with E-state index in [0.717, 1.165) is 18.7 Å². The summed E-state index contributed by atoms with van der Waals surface area (Å²) in [6.45, 7) is 3.43. The van der Waals surface area contributed by atoms with Gasteiger partial charge < -0.3 is 15.4 Å². The van der Waals surface area contributed by atoms with Crippen molar-refractivity contribution in [2.24, 2.45) is 0 Å². The number of rotatable bonds is 4. The summed E-state index contributed by atoms with van der Waals surface area (Å²) < 4.78 is 18.7. The third-order valence-electron chi connectivity index (χ3n) is 4.11. The number of hydrogen-bond acceptors (Lipinski definition) is 3. The van der Waals surface area contributed by atoms with Crippen LogP contribution in [0.5, 0.6) is 5.75 Å². The van der Waals surface area contributed by atoms with Crippen molar-refractivity contribution in [1.82, 2.24) is 10.6 Å². The predicted molar refractivity (Wildman–Crippen MR) is 85.8 cm³/mol. The van der Waals surface area contributed by atoms with Gasteiger partial charge in [-0.1, -0.05) is 6.07 Å². The number of methoxy groups -OCH3 is 1. The maximum absolute atomic E-state index is 13.5. The van der Waals surface area contributed by atoms with Crippen LogP contribution in [0.1, 0.15) is 40.0 Å². The van der Waals surface area contributed by atoms with Crippen LogP contribution in [0.2, 0.25) is 0 Å². The Labute approximate surface area is 134 Å². The summed E-state index contributed by atoms with van der Waals surface area (Å²) >= 11 is 0. The highest BCUT2D eigenvalue weighted by molar-refractivity contribution is 5.94. The molecule has 2 aromatic carbocycles. The van der Waals surface area contributed by atoms with Crippen LogP contribution in [0.4, 0.5) is 4.39 Å². The van der Waals surface area contributed by atoms with Gasteiger partial charge >= 0.3 is 0 Å². The molecule has 0 saturated carbocycles. The van der Waals surface area contributed by atoms with Gasteiger partial charge in [0.05, 0.1) is 13.2 Å². The first kappa shape index (κ1) is 15.5. The molecule has 4 nitrogen and oxygen atoms in total. The lowest BCUT2D eigenvalue weighted by Gasteiger charge is -2.17. The molecule has 1 atom stereocenters. The first-order valence-electron chi connectivity index (χ1n) is 7.55. The molecule has 0 radical (unpaired) electrons. The first-order chi connectivity index (χ1) is 11.1. The molecule has 0 bridgehead atoms. The highest BCUT2D eigenvalue weighted by Gasteiger charge is 2.18. The molecule has 0 spiro atoms. The Bertz CT molecular complexity index is 746. The zero-order valence-corrected chi connectivity index (χ0v) is 13.2. The van der Waals surface area contributed by atoms with Crippen LogP contribution >= 0.6 is 0 Å². The van der Waals surface area contributed by atoms with E-state index < -0.39 is 0 Å². The van der Waals surface area contributed by atoms with Gasteiger partial charge in [0.15, 0.2) is 0 Å². The lowest BCUT2D eigenvalue weighted by Crippen LogP contribution is -2.27. The summed E-state index contributed by atoms with van der Waals surface area (Å²) in [5.74, 6) is 0.0152. The van der Waals surface area contributed by atoms with Gasteiger partial charge in [-0.05, 0) is 48.4 Å². The average Bonchev–Trinajstić information content (AvgIpc) is 3.02. The minimum absolute atomic E-state index is 0.182. The summed E-state index contributed by atoms with van der Waals surface area (Å²) in [5.41, 5.74) is 3.59. The number of hydrogen-bond donors (Lipinski definition) is 2. The van der Waals surface area contributed by atoms with E-state index in [1.807, 2.05) is 25.1 Å². The molecule has 3 rings (SSSR count). The van der Waals surface area contributed by atoms with Crippen molar-refractivity contribution in [3.05, 3.63) is 64.5 Å². The lowest BCUT2D eigenvalue weighted by molar-refractivity contribution is 0.0939. The van der Waals surface area contributed by atoms with Gasteiger partial charge in [0.25, 0.3) is 5.91 Å². The van der Waals surface area contributed by atoms with E-state index in [4.69, 9.17) is 4.74 Å². The largest absolute Gasteiger partial charge is 0.496 e. The SMILES string of the molecule is COc1ccc(F)cc1C(C)NC(=O)c1ccc2c(c1)CNC2. The van der Waals surface area contributed by atoms with Crippen LogP contribution in [-0.4, -0.2) is 13.0 Å². The zero-order valence-electron chi connectivity index (χ0n) is 13.2. The molecule has 0 aliphatic carbocycles. The van der Waals surface area contributed by atoms with Crippen LogP contribution in [0, 0.1) is 5.82 Å². The Kier molecular flexibility index (Phi) is 4.30. The number of carbonyl (C=O) groups is 1. The molecule has 120 valence electrons. The minimum atomic E-state index is -0.362. The number of ether oxygens (including phenoxy) is 1. The maximum Gasteiger partial charge on any atom is 0.251 e. The van der Waals surface area contributed by atoms with Crippen LogP contribution in [-0.2, 0) is 13.1 Å². The Hall–Kier alpha value is -2.40. The Morgan fingerprint density at radius 1 is 1.22 bits per heavy atom. The first-order valence-corrected chi connectivity index (χ1v) is 7.55. The van der Waals surface area contributed by atoms with Gasteiger partial charge in [0, 0.05) is 24.2 Å². The normalized spacial score (nSPS) is 14.2. The Morgan fingerprint density at radius 3 is 2.78 bits per heavy atom. The molecule has 1 amide bonds. The topological polar surface area (TPSA) is 50.4 Å². The molecule has 2 aromatic rings. The van der Waals surface area contributed by atoms with Crippen molar-refractivity contribution < 1.29 is 13.9 Å². The smallest absolute Gasteiger partial charge is 0.251 e. The van der Waals surface area contributed by atoms with Gasteiger partial charge in [-0.25, -0.2) is 4.39 Å². The van der Waals surface area contributed by atoms with Crippen molar-refractivity contribution in [3.8, 4) is 5.75 Å². The second kappa shape index (κ2) is 6.38. The van der Waals surface area contributed by atoms with Crippen molar-refractivity contribution in [3.63, 3.8) is 0 Å². The molecule has 1 heterocycles. The van der Waals surface area contributed by atoms with Crippen LogP contribution < -0.4 is 15.4 Å². The van der Waals surface area contributed by atoms with Crippen LogP contribution in [0.3, 0.4) is 0 Å². The van der Waals surface area contributed by atoms with Crippen LogP contribution in [0.25, 0.3) is 0 Å². The molecule has 1 aliphatic heterocycles. The fourth-order valence-electron chi connectivity index (χ4n) is 2.84. The molecular formula is C18H19FN2O2. The van der Waals surface area contributed by atoms with E-state index in [-0.39, 0.29) is 17.8 Å². The van der Waals surface area contributed by atoms with Gasteiger partial charge in [-0.2, -0.15) is 0 Å². The molecule has 0 aromatic heterocycles. The molecule has 5 heteroatoms. The number of benzene rings is 2. The highest BCUT2D eigenvalue weighted by atomic mass is 19.1. The van der Waals surface area contributed by atoms with Crippen molar-refractivity contribution in [2.75, 3.05) is 7.11 Å². The predicted octanol–water partition coefficient (Wildman–Crippen LogP) is 2.93. The molecule has 2 N–H and O–H groups in total. The van der Waals surface area contributed by atoms with Gasteiger partial charge in [-0.15, -0.1) is 0 Å². The van der Waals surface area contributed by atoms with E-state index in [9.17, 15) is 9.18 Å². The molecule has 23 heavy (non-hydrogen) atoms. The number of carbonyl (C=O) groups excluding carboxylic acids is 1. The fraction of sp³-hybridized carbons (Fsp3) is 0.278. The summed E-state index contributed by atoms with van der Waals surface area (Å²) in [6.07, 6.45) is 0. The summed E-state index contributed by atoms with van der Waals surface area (Å²) in [5, 5.41) is 6.15. The minimum Gasteiger partial charge on any atom is -0.496 e. The quantitative estimate of drug-likeness (QED) is 0.912. The molecule has 0 saturated heterocycles. The van der Waals surface area contributed by atoms with Gasteiger partial charge in [0.2, 0.25) is 0 Å². The fourth-order valence-corrected chi connectivity index (χ4v) is 2.84. The Balaban J connectivity index is 1.78. The lowest BCUT2D eigenvalue weighted by atomic mass is 10.0. The second-order valence-electron chi connectivity index (χ2n) is 5.67. The van der Waals surface area contributed by atoms with Crippen molar-refractivity contribution in [1.29, 1.82) is 0 Å². The number of nitrogens with one attached hydrogen (secondary N) is 2. The third-order valence-corrected chi connectivity index (χ3v) is 4.11. The molecule has 1 aliphatic rings. The maximum atomic E-state index is 13.5. The average molecular weight is 314 g/mol. The van der Waals surface area contributed by atoms with Crippen LogP contribution in [0.15, 0.2) is 36.4 Å². The summed E-state index contributed by atoms with van der Waals surface area (Å²) in [7, 11) is 1.53. The van der Waals surface area contributed by atoms with E-state index in [0.29, 0.717) is 16.9 Å². The Morgan fingerprint density at radius 2 is 2.00 bits per heavy atom. The van der Waals surface area contributed by atoms with Crippen molar-refractivity contribution >= 4 is 5.91 Å². The second-order valence-corrected chi connectivity index (χ2v) is 5.67. The highest BCUT2D eigenvalue weighted by Crippen LogP contribution is 2.26. The van der Waals surface area contributed by atoms with E-state index >= 15 is 0 Å². The molecule has 1 unspecified atom stereocenters. The number of amides is 1. The van der Waals surface area contributed by atoms with Crippen molar-refractivity contribution in [2.45, 2.75) is 26.1 Å². The van der Waals surface area contributed by atoms with Gasteiger partial charge in [-0.3, -0.25) is 4.79 Å². The zero-order chi connectivity index (χ0) is 16.4. The third kappa shape index (κ3) is 3.19. The monoisotopic (exact) mass is 314 g/mol. The van der Waals surface area contributed by atoms with E-state index in [2.05, 4.69) is 10.6 Å². The summed E-state index contributed by atoms with van der Waals surface area (Å²) in [6, 6.07) is 9.61. The standard InChI is InChI=1S/C18H19FN2O2/c1-11(16-8-15(19)5-6-17(16)23-2)21-18(22)12-3-4-13-9-20-10-14(13)7-12/h3-8,11,20H,9-10H2,1-2H3,(H,21,22). The van der Waals surface area contributed by atoms with Gasteiger partial charge in [0.1, 0.15) is 11.6 Å².